The number of hydrogen-bond donors (Lipinski definition) is 0. The van der Waals surface area contributed by atoms with Crippen molar-refractivity contribution < 1.29 is 0 Å². The lowest BCUT2D eigenvalue weighted by molar-refractivity contribution is 0.189. The second-order valence-corrected chi connectivity index (χ2v) is 7.28. The maximum absolute atomic E-state index is 2.40. The average molecular weight is 303 g/mol. The largest absolute Gasteiger partial charge is 0.306 e. The molecule has 0 unspecified atom stereocenters. The van der Waals surface area contributed by atoms with Crippen molar-refractivity contribution >= 4 is 12.2 Å². The highest BCUT2D eigenvalue weighted by Crippen LogP contribution is 2.49. The fraction of sp³-hybridized carbons (Fsp3) is 0.364. The van der Waals surface area contributed by atoms with Gasteiger partial charge in [-0.1, -0.05) is 60.7 Å². The molecule has 23 heavy (non-hydrogen) atoms. The van der Waals surface area contributed by atoms with Crippen molar-refractivity contribution in [3.05, 3.63) is 70.8 Å². The van der Waals surface area contributed by atoms with E-state index in [1.807, 2.05) is 0 Å². The van der Waals surface area contributed by atoms with Gasteiger partial charge in [-0.05, 0) is 62.0 Å². The quantitative estimate of drug-likeness (QED) is 0.719. The van der Waals surface area contributed by atoms with Crippen molar-refractivity contribution in [3.63, 3.8) is 0 Å². The lowest BCUT2D eigenvalue weighted by atomic mass is 9.63. The van der Waals surface area contributed by atoms with Crippen LogP contribution in [0.15, 0.2) is 48.5 Å². The minimum atomic E-state index is 0.184. The standard InChI is InChI=1S/C22H25N/c1-23(2)19-13-15-22(16-14-19)20-9-5-3-7-17(20)11-12-18-8-4-6-10-21(18)22/h3-12,19H,13-16H2,1-2H3. The lowest BCUT2D eigenvalue weighted by Gasteiger charge is -2.43. The van der Waals surface area contributed by atoms with E-state index < -0.39 is 0 Å². The van der Waals surface area contributed by atoms with Crippen molar-refractivity contribution in [3.8, 4) is 0 Å². The Labute approximate surface area is 139 Å². The third kappa shape index (κ3) is 2.35. The van der Waals surface area contributed by atoms with Gasteiger partial charge in [0.25, 0.3) is 0 Å². The van der Waals surface area contributed by atoms with Crippen molar-refractivity contribution in [1.29, 1.82) is 0 Å². The molecular weight excluding hydrogens is 278 g/mol. The fourth-order valence-electron chi connectivity index (χ4n) is 4.63. The SMILES string of the molecule is CN(C)C1CCC2(CC1)c1ccccc1C=Cc1ccccc12. The molecule has 0 radical (unpaired) electrons. The van der Waals surface area contributed by atoms with Gasteiger partial charge in [0.1, 0.15) is 0 Å². The normalized spacial score (nSPS) is 19.4. The second kappa shape index (κ2) is 5.65. The van der Waals surface area contributed by atoms with Crippen LogP contribution in [-0.2, 0) is 5.41 Å². The molecule has 1 nitrogen and oxygen atoms in total. The van der Waals surface area contributed by atoms with Crippen LogP contribution < -0.4 is 0 Å². The van der Waals surface area contributed by atoms with Gasteiger partial charge in [0, 0.05) is 11.5 Å². The van der Waals surface area contributed by atoms with Gasteiger partial charge in [-0.25, -0.2) is 0 Å². The molecule has 0 N–H and O–H groups in total. The average Bonchev–Trinajstić information content (AvgIpc) is 2.72. The highest BCUT2D eigenvalue weighted by molar-refractivity contribution is 5.77. The third-order valence-corrected chi connectivity index (χ3v) is 5.93. The molecule has 1 saturated carbocycles. The van der Waals surface area contributed by atoms with E-state index in [0.717, 1.165) is 6.04 Å². The molecule has 0 saturated heterocycles. The van der Waals surface area contributed by atoms with Crippen LogP contribution >= 0.6 is 0 Å². The van der Waals surface area contributed by atoms with Gasteiger partial charge in [0.05, 0.1) is 0 Å². The molecule has 0 bridgehead atoms. The Bertz CT molecular complexity index is 682. The maximum atomic E-state index is 2.40. The van der Waals surface area contributed by atoms with E-state index in [4.69, 9.17) is 0 Å². The van der Waals surface area contributed by atoms with Crippen molar-refractivity contribution in [2.24, 2.45) is 0 Å². The first kappa shape index (κ1) is 14.7. The summed E-state index contributed by atoms with van der Waals surface area (Å²) in [5.41, 5.74) is 6.03. The van der Waals surface area contributed by atoms with Crippen LogP contribution in [0.2, 0.25) is 0 Å². The summed E-state index contributed by atoms with van der Waals surface area (Å²) in [4.78, 5) is 2.40. The van der Waals surface area contributed by atoms with Crippen LogP contribution in [0.1, 0.15) is 47.9 Å². The summed E-state index contributed by atoms with van der Waals surface area (Å²) in [6.45, 7) is 0. The number of hydrogen-bond acceptors (Lipinski definition) is 1. The van der Waals surface area contributed by atoms with Gasteiger partial charge in [-0.15, -0.1) is 0 Å². The van der Waals surface area contributed by atoms with Crippen molar-refractivity contribution in [2.45, 2.75) is 37.1 Å². The molecule has 2 aliphatic carbocycles. The summed E-state index contributed by atoms with van der Waals surface area (Å²) >= 11 is 0. The molecule has 0 heterocycles. The topological polar surface area (TPSA) is 3.24 Å². The lowest BCUT2D eigenvalue weighted by Crippen LogP contribution is -2.40. The highest BCUT2D eigenvalue weighted by Gasteiger charge is 2.41. The molecule has 0 atom stereocenters. The Morgan fingerprint density at radius 3 is 1.74 bits per heavy atom. The van der Waals surface area contributed by atoms with Gasteiger partial charge in [-0.2, -0.15) is 0 Å². The molecule has 1 spiro atoms. The Morgan fingerprint density at radius 1 is 0.783 bits per heavy atom. The fourth-order valence-corrected chi connectivity index (χ4v) is 4.63. The monoisotopic (exact) mass is 303 g/mol. The summed E-state index contributed by atoms with van der Waals surface area (Å²) in [5, 5.41) is 0. The van der Waals surface area contributed by atoms with E-state index in [-0.39, 0.29) is 5.41 Å². The summed E-state index contributed by atoms with van der Waals surface area (Å²) in [5.74, 6) is 0. The van der Waals surface area contributed by atoms with Crippen molar-refractivity contribution in [1.82, 2.24) is 4.90 Å². The molecule has 2 aromatic rings. The maximum Gasteiger partial charge on any atom is 0.0215 e. The molecule has 0 amide bonds. The summed E-state index contributed by atoms with van der Waals surface area (Å²) < 4.78 is 0. The first-order chi connectivity index (χ1) is 11.2. The summed E-state index contributed by atoms with van der Waals surface area (Å²) in [7, 11) is 4.44. The van der Waals surface area contributed by atoms with Crippen LogP contribution in [0.4, 0.5) is 0 Å². The molecule has 118 valence electrons. The molecule has 1 heteroatoms. The van der Waals surface area contributed by atoms with E-state index in [1.165, 1.54) is 47.9 Å². The minimum absolute atomic E-state index is 0.184. The first-order valence-corrected chi connectivity index (χ1v) is 8.74. The zero-order valence-electron chi connectivity index (χ0n) is 14.1. The van der Waals surface area contributed by atoms with E-state index in [1.54, 1.807) is 0 Å². The van der Waals surface area contributed by atoms with E-state index in [0.29, 0.717) is 0 Å². The third-order valence-electron chi connectivity index (χ3n) is 5.93. The number of nitrogens with zero attached hydrogens (tertiary/aromatic N) is 1. The van der Waals surface area contributed by atoms with Gasteiger partial charge in [-0.3, -0.25) is 0 Å². The van der Waals surface area contributed by atoms with Crippen molar-refractivity contribution in [2.75, 3.05) is 14.1 Å². The van der Waals surface area contributed by atoms with E-state index in [9.17, 15) is 0 Å². The van der Waals surface area contributed by atoms with Crippen LogP contribution in [0, 0.1) is 0 Å². The molecule has 2 aromatic carbocycles. The molecule has 1 fully saturated rings. The zero-order valence-corrected chi connectivity index (χ0v) is 14.1. The predicted octanol–water partition coefficient (Wildman–Crippen LogP) is 4.96. The molecular formula is C22H25N. The molecule has 4 rings (SSSR count). The highest BCUT2D eigenvalue weighted by atomic mass is 15.1. The molecule has 0 aromatic heterocycles. The van der Waals surface area contributed by atoms with Crippen LogP contribution in [-0.4, -0.2) is 25.0 Å². The first-order valence-electron chi connectivity index (χ1n) is 8.74. The van der Waals surface area contributed by atoms with Crippen LogP contribution in [0.25, 0.3) is 12.2 Å². The number of rotatable bonds is 1. The van der Waals surface area contributed by atoms with E-state index in [2.05, 4.69) is 79.7 Å². The van der Waals surface area contributed by atoms with Gasteiger partial charge in [0.15, 0.2) is 0 Å². The van der Waals surface area contributed by atoms with Gasteiger partial charge < -0.3 is 4.90 Å². The van der Waals surface area contributed by atoms with E-state index >= 15 is 0 Å². The second-order valence-electron chi connectivity index (χ2n) is 7.28. The zero-order chi connectivity index (χ0) is 15.9. The Hall–Kier alpha value is -1.86. The number of fused-ring (bicyclic) bond motifs is 4. The Kier molecular flexibility index (Phi) is 3.61. The smallest absolute Gasteiger partial charge is 0.0215 e. The minimum Gasteiger partial charge on any atom is -0.306 e. The summed E-state index contributed by atoms with van der Waals surface area (Å²) in [6.07, 6.45) is 9.64. The Balaban J connectivity index is 1.87. The van der Waals surface area contributed by atoms with Crippen LogP contribution in [0.3, 0.4) is 0 Å². The number of benzene rings is 2. The van der Waals surface area contributed by atoms with Gasteiger partial charge >= 0.3 is 0 Å². The summed E-state index contributed by atoms with van der Waals surface area (Å²) in [6, 6.07) is 18.7. The Morgan fingerprint density at radius 2 is 1.26 bits per heavy atom. The molecule has 0 aliphatic heterocycles. The van der Waals surface area contributed by atoms with Crippen LogP contribution in [0.5, 0.6) is 0 Å². The van der Waals surface area contributed by atoms with Gasteiger partial charge in [0.2, 0.25) is 0 Å². The molecule has 2 aliphatic rings. The predicted molar refractivity (Wildman–Crippen MR) is 98.5 cm³/mol.